The van der Waals surface area contributed by atoms with Crippen molar-refractivity contribution in [3.05, 3.63) is 58.1 Å². The highest BCUT2D eigenvalue weighted by molar-refractivity contribution is 9.10. The van der Waals surface area contributed by atoms with E-state index in [0.29, 0.717) is 17.9 Å². The summed E-state index contributed by atoms with van der Waals surface area (Å²) < 4.78 is 11.9. The topological polar surface area (TPSA) is 59.9 Å². The Bertz CT molecular complexity index is 745. The average Bonchev–Trinajstić information content (AvgIpc) is 2.65. The minimum absolute atomic E-state index is 0.328. The van der Waals surface area contributed by atoms with Crippen LogP contribution in [0.5, 0.6) is 11.5 Å². The van der Waals surface area contributed by atoms with Crippen LogP contribution in [-0.2, 0) is 0 Å². The predicted octanol–water partition coefficient (Wildman–Crippen LogP) is 4.79. The molecule has 5 nitrogen and oxygen atoms in total. The molecule has 6 heteroatoms. The lowest BCUT2D eigenvalue weighted by atomic mass is 10.2. The summed E-state index contributed by atoms with van der Waals surface area (Å²) in [6.07, 6.45) is 3.73. The fourth-order valence-corrected chi connectivity index (χ4v) is 2.53. The lowest BCUT2D eigenvalue weighted by Crippen LogP contribution is -2.18. The Kier molecular flexibility index (Phi) is 8.15. The number of carbonyl (C=O) groups excluding carboxylic acids is 1. The highest BCUT2D eigenvalue weighted by Crippen LogP contribution is 2.23. The Hall–Kier alpha value is -2.34. The third-order valence-electron chi connectivity index (χ3n) is 3.51. The first-order chi connectivity index (χ1) is 12.6. The van der Waals surface area contributed by atoms with Crippen molar-refractivity contribution in [3.8, 4) is 11.5 Å². The van der Waals surface area contributed by atoms with Crippen LogP contribution in [0.3, 0.4) is 0 Å². The van der Waals surface area contributed by atoms with E-state index >= 15 is 0 Å². The summed E-state index contributed by atoms with van der Waals surface area (Å²) in [5, 5.41) is 4.02. The average molecular weight is 419 g/mol. The van der Waals surface area contributed by atoms with Crippen molar-refractivity contribution in [2.24, 2.45) is 5.10 Å². The van der Waals surface area contributed by atoms with Gasteiger partial charge in [-0.25, -0.2) is 5.43 Å². The number of halogens is 1. The zero-order valence-corrected chi connectivity index (χ0v) is 16.6. The van der Waals surface area contributed by atoms with Crippen molar-refractivity contribution in [1.29, 1.82) is 0 Å². The second-order valence-electron chi connectivity index (χ2n) is 5.54. The van der Waals surface area contributed by atoms with Crippen molar-refractivity contribution in [2.75, 3.05) is 13.2 Å². The highest BCUT2D eigenvalue weighted by Gasteiger charge is 2.12. The zero-order chi connectivity index (χ0) is 18.8. The Morgan fingerprint density at radius 1 is 1.15 bits per heavy atom. The number of benzene rings is 2. The molecular formula is C20H23BrN2O3. The number of hydrogen-bond acceptors (Lipinski definition) is 4. The Balaban J connectivity index is 1.95. The van der Waals surface area contributed by atoms with Gasteiger partial charge >= 0.3 is 0 Å². The Morgan fingerprint density at radius 2 is 1.92 bits per heavy atom. The van der Waals surface area contributed by atoms with Gasteiger partial charge in [0.05, 0.1) is 25.0 Å². The number of unbranched alkanes of at least 4 members (excludes halogenated alkanes) is 1. The molecule has 1 N–H and O–H groups in total. The normalized spacial score (nSPS) is 10.7. The van der Waals surface area contributed by atoms with E-state index in [1.54, 1.807) is 18.3 Å². The molecule has 1 amide bonds. The van der Waals surface area contributed by atoms with Gasteiger partial charge < -0.3 is 9.47 Å². The van der Waals surface area contributed by atoms with E-state index in [4.69, 9.17) is 9.47 Å². The van der Waals surface area contributed by atoms with Crippen molar-refractivity contribution >= 4 is 28.1 Å². The third kappa shape index (κ3) is 6.19. The zero-order valence-electron chi connectivity index (χ0n) is 15.0. The van der Waals surface area contributed by atoms with Crippen LogP contribution in [0.4, 0.5) is 0 Å². The number of carbonyl (C=O) groups is 1. The molecule has 26 heavy (non-hydrogen) atoms. The quantitative estimate of drug-likeness (QED) is 0.361. The van der Waals surface area contributed by atoms with Gasteiger partial charge in [-0.2, -0.15) is 5.10 Å². The van der Waals surface area contributed by atoms with E-state index in [2.05, 4.69) is 33.4 Å². The van der Waals surface area contributed by atoms with Crippen LogP contribution >= 0.6 is 15.9 Å². The first kappa shape index (κ1) is 20.0. The molecule has 0 aliphatic rings. The highest BCUT2D eigenvalue weighted by atomic mass is 79.9. The molecule has 0 saturated heterocycles. The molecule has 0 aliphatic carbocycles. The Morgan fingerprint density at radius 3 is 2.62 bits per heavy atom. The van der Waals surface area contributed by atoms with Gasteiger partial charge in [0.1, 0.15) is 11.5 Å². The maximum Gasteiger partial charge on any atom is 0.275 e. The molecule has 0 aromatic heterocycles. The fraction of sp³-hybridized carbons (Fsp3) is 0.300. The van der Waals surface area contributed by atoms with E-state index in [1.165, 1.54) is 0 Å². The van der Waals surface area contributed by atoms with Gasteiger partial charge in [-0.15, -0.1) is 0 Å². The lowest BCUT2D eigenvalue weighted by Gasteiger charge is -2.09. The van der Waals surface area contributed by atoms with E-state index in [0.717, 1.165) is 35.2 Å². The van der Waals surface area contributed by atoms with Gasteiger partial charge in [-0.1, -0.05) is 29.3 Å². The molecule has 2 aromatic carbocycles. The Labute approximate surface area is 162 Å². The number of ether oxygens (including phenoxy) is 2. The summed E-state index contributed by atoms with van der Waals surface area (Å²) in [5.41, 5.74) is 3.83. The largest absolute Gasteiger partial charge is 0.494 e. The number of nitrogens with one attached hydrogen (secondary N) is 1. The van der Waals surface area contributed by atoms with E-state index in [9.17, 15) is 4.79 Å². The second kappa shape index (κ2) is 10.6. The molecule has 0 aliphatic heterocycles. The van der Waals surface area contributed by atoms with Gasteiger partial charge in [-0.3, -0.25) is 4.79 Å². The molecule has 0 unspecified atom stereocenters. The lowest BCUT2D eigenvalue weighted by molar-refractivity contribution is 0.0951. The second-order valence-corrected chi connectivity index (χ2v) is 6.46. The van der Waals surface area contributed by atoms with Crippen LogP contribution in [-0.4, -0.2) is 25.3 Å². The molecular weight excluding hydrogens is 396 g/mol. The van der Waals surface area contributed by atoms with Gasteiger partial charge in [0.25, 0.3) is 5.91 Å². The summed E-state index contributed by atoms with van der Waals surface area (Å²) in [6, 6.07) is 12.8. The maximum atomic E-state index is 12.3. The molecule has 0 spiro atoms. The molecule has 138 valence electrons. The molecule has 0 fully saturated rings. The standard InChI is InChI=1S/C20H23BrN2O3/c1-3-5-12-26-17-9-6-15(7-10-17)14-22-23-20(24)18-13-16(21)8-11-19(18)25-4-2/h6-11,13-14H,3-5,12H2,1-2H3,(H,23,24)/b22-14+. The van der Waals surface area contributed by atoms with Crippen molar-refractivity contribution in [1.82, 2.24) is 5.43 Å². The minimum atomic E-state index is -0.328. The van der Waals surface area contributed by atoms with E-state index in [1.807, 2.05) is 37.3 Å². The third-order valence-corrected chi connectivity index (χ3v) is 4.01. The number of amides is 1. The van der Waals surface area contributed by atoms with Gasteiger partial charge in [-0.05, 0) is 61.4 Å². The van der Waals surface area contributed by atoms with Crippen molar-refractivity contribution in [3.63, 3.8) is 0 Å². The van der Waals surface area contributed by atoms with Gasteiger partial charge in [0, 0.05) is 4.47 Å². The van der Waals surface area contributed by atoms with Crippen LogP contribution in [0.2, 0.25) is 0 Å². The van der Waals surface area contributed by atoms with Crippen LogP contribution in [0.15, 0.2) is 52.0 Å². The fourth-order valence-electron chi connectivity index (χ4n) is 2.17. The number of rotatable bonds is 9. The summed E-state index contributed by atoms with van der Waals surface area (Å²) in [6.45, 7) is 5.20. The smallest absolute Gasteiger partial charge is 0.275 e. The van der Waals surface area contributed by atoms with Gasteiger partial charge in [0.15, 0.2) is 0 Å². The van der Waals surface area contributed by atoms with Crippen LogP contribution < -0.4 is 14.9 Å². The number of hydrazone groups is 1. The summed E-state index contributed by atoms with van der Waals surface area (Å²) in [4.78, 5) is 12.3. The number of nitrogens with zero attached hydrogens (tertiary/aromatic N) is 1. The molecule has 0 saturated carbocycles. The SMILES string of the molecule is CCCCOc1ccc(/C=N/NC(=O)c2cc(Br)ccc2OCC)cc1. The molecule has 0 atom stereocenters. The number of hydrogen-bond donors (Lipinski definition) is 1. The molecule has 0 bridgehead atoms. The molecule has 2 rings (SSSR count). The van der Waals surface area contributed by atoms with Crippen LogP contribution in [0.1, 0.15) is 42.6 Å². The molecule has 0 heterocycles. The van der Waals surface area contributed by atoms with Crippen LogP contribution in [0, 0.1) is 0 Å². The maximum absolute atomic E-state index is 12.3. The summed E-state index contributed by atoms with van der Waals surface area (Å²) >= 11 is 3.36. The van der Waals surface area contributed by atoms with Crippen LogP contribution in [0.25, 0.3) is 0 Å². The predicted molar refractivity (Wildman–Crippen MR) is 107 cm³/mol. The first-order valence-corrected chi connectivity index (χ1v) is 9.42. The monoisotopic (exact) mass is 418 g/mol. The first-order valence-electron chi connectivity index (χ1n) is 8.62. The molecule has 2 aromatic rings. The van der Waals surface area contributed by atoms with E-state index < -0.39 is 0 Å². The summed E-state index contributed by atoms with van der Waals surface area (Å²) in [7, 11) is 0. The summed E-state index contributed by atoms with van der Waals surface area (Å²) in [5.74, 6) is 1.03. The van der Waals surface area contributed by atoms with Crippen molar-refractivity contribution in [2.45, 2.75) is 26.7 Å². The van der Waals surface area contributed by atoms with Crippen molar-refractivity contribution < 1.29 is 14.3 Å². The van der Waals surface area contributed by atoms with E-state index in [-0.39, 0.29) is 5.91 Å². The van der Waals surface area contributed by atoms with Gasteiger partial charge in [0.2, 0.25) is 0 Å². The minimum Gasteiger partial charge on any atom is -0.494 e. The molecule has 0 radical (unpaired) electrons.